The number of rotatable bonds is 3. The van der Waals surface area contributed by atoms with Crippen LogP contribution in [0.25, 0.3) is 0 Å². The Morgan fingerprint density at radius 3 is 3.27 bits per heavy atom. The van der Waals surface area contributed by atoms with Crippen LogP contribution in [0.1, 0.15) is 29.1 Å². The summed E-state index contributed by atoms with van der Waals surface area (Å²) in [5.74, 6) is 1.47. The maximum Gasteiger partial charge on any atom is 0.171 e. The van der Waals surface area contributed by atoms with Crippen LogP contribution in [0.15, 0.2) is 10.6 Å². The van der Waals surface area contributed by atoms with Crippen LogP contribution in [0.5, 0.6) is 0 Å². The standard InChI is InChI=1S/C11H16N2O2/c1-13-4-2-3-9(7-13)5-11-6-10(8-14)12-15-11/h6,8-9H,2-5,7H2,1H3. The lowest BCUT2D eigenvalue weighted by Gasteiger charge is -2.28. The number of nitrogens with zero attached hydrogens (tertiary/aromatic N) is 2. The number of carbonyl (C=O) groups excluding carboxylic acids is 1. The first kappa shape index (κ1) is 10.4. The molecule has 82 valence electrons. The minimum absolute atomic E-state index is 0.397. The summed E-state index contributed by atoms with van der Waals surface area (Å²) in [4.78, 5) is 12.8. The van der Waals surface area contributed by atoms with Crippen molar-refractivity contribution in [3.8, 4) is 0 Å². The monoisotopic (exact) mass is 208 g/mol. The molecule has 1 aromatic heterocycles. The predicted octanol–water partition coefficient (Wildman–Crippen LogP) is 1.37. The van der Waals surface area contributed by atoms with Crippen LogP contribution in [0.4, 0.5) is 0 Å². The largest absolute Gasteiger partial charge is 0.361 e. The summed E-state index contributed by atoms with van der Waals surface area (Å²) >= 11 is 0. The molecule has 0 saturated carbocycles. The molecular weight excluding hydrogens is 192 g/mol. The van der Waals surface area contributed by atoms with Gasteiger partial charge in [-0.3, -0.25) is 4.79 Å². The maximum atomic E-state index is 10.4. The van der Waals surface area contributed by atoms with E-state index in [0.29, 0.717) is 11.6 Å². The van der Waals surface area contributed by atoms with Crippen LogP contribution in [-0.2, 0) is 6.42 Å². The fourth-order valence-electron chi connectivity index (χ4n) is 2.21. The van der Waals surface area contributed by atoms with Crippen molar-refractivity contribution in [1.29, 1.82) is 0 Å². The summed E-state index contributed by atoms with van der Waals surface area (Å²) in [6, 6.07) is 1.74. The van der Waals surface area contributed by atoms with E-state index in [1.807, 2.05) is 0 Å². The molecule has 1 saturated heterocycles. The van der Waals surface area contributed by atoms with Gasteiger partial charge in [0.15, 0.2) is 6.29 Å². The Bertz CT molecular complexity index is 335. The molecule has 2 rings (SSSR count). The van der Waals surface area contributed by atoms with Crippen molar-refractivity contribution in [3.05, 3.63) is 17.5 Å². The van der Waals surface area contributed by atoms with Crippen molar-refractivity contribution in [1.82, 2.24) is 10.1 Å². The van der Waals surface area contributed by atoms with Gasteiger partial charge in [-0.2, -0.15) is 0 Å². The lowest BCUT2D eigenvalue weighted by atomic mass is 9.94. The quantitative estimate of drug-likeness (QED) is 0.704. The molecule has 1 aliphatic rings. The number of aromatic nitrogens is 1. The van der Waals surface area contributed by atoms with E-state index in [0.717, 1.165) is 25.0 Å². The van der Waals surface area contributed by atoms with Crippen LogP contribution < -0.4 is 0 Å². The lowest BCUT2D eigenvalue weighted by molar-refractivity contribution is 0.111. The molecule has 1 aliphatic heterocycles. The van der Waals surface area contributed by atoms with Gasteiger partial charge >= 0.3 is 0 Å². The summed E-state index contributed by atoms with van der Waals surface area (Å²) in [7, 11) is 2.14. The Kier molecular flexibility index (Phi) is 3.16. The smallest absolute Gasteiger partial charge is 0.171 e. The molecule has 0 bridgehead atoms. The third-order valence-electron chi connectivity index (χ3n) is 2.91. The molecule has 1 unspecified atom stereocenters. The zero-order chi connectivity index (χ0) is 10.7. The number of carbonyl (C=O) groups is 1. The third-order valence-corrected chi connectivity index (χ3v) is 2.91. The van der Waals surface area contributed by atoms with E-state index < -0.39 is 0 Å². The number of piperidine rings is 1. The Morgan fingerprint density at radius 2 is 2.60 bits per heavy atom. The molecule has 0 radical (unpaired) electrons. The number of hydrogen-bond donors (Lipinski definition) is 0. The van der Waals surface area contributed by atoms with Crippen molar-refractivity contribution in [2.75, 3.05) is 20.1 Å². The summed E-state index contributed by atoms with van der Waals surface area (Å²) in [6.45, 7) is 2.30. The van der Waals surface area contributed by atoms with E-state index in [1.54, 1.807) is 6.07 Å². The average Bonchev–Trinajstić information content (AvgIpc) is 2.65. The van der Waals surface area contributed by atoms with Gasteiger partial charge in [0, 0.05) is 19.0 Å². The molecule has 0 aromatic carbocycles. The summed E-state index contributed by atoms with van der Waals surface area (Å²) < 4.78 is 5.09. The minimum atomic E-state index is 0.397. The Morgan fingerprint density at radius 1 is 1.73 bits per heavy atom. The lowest BCUT2D eigenvalue weighted by Crippen LogP contribution is -2.32. The second kappa shape index (κ2) is 4.57. The summed E-state index contributed by atoms with van der Waals surface area (Å²) in [5, 5.41) is 3.66. The number of aldehydes is 1. The van der Waals surface area contributed by atoms with Gasteiger partial charge in [0.2, 0.25) is 0 Å². The van der Waals surface area contributed by atoms with Crippen LogP contribution in [-0.4, -0.2) is 36.5 Å². The first-order valence-corrected chi connectivity index (χ1v) is 5.37. The maximum absolute atomic E-state index is 10.4. The van der Waals surface area contributed by atoms with E-state index >= 15 is 0 Å². The van der Waals surface area contributed by atoms with Crippen LogP contribution >= 0.6 is 0 Å². The minimum Gasteiger partial charge on any atom is -0.361 e. The highest BCUT2D eigenvalue weighted by Gasteiger charge is 2.19. The molecule has 15 heavy (non-hydrogen) atoms. The fourth-order valence-corrected chi connectivity index (χ4v) is 2.21. The highest BCUT2D eigenvalue weighted by molar-refractivity contribution is 5.71. The Balaban J connectivity index is 1.92. The molecule has 1 fully saturated rings. The number of hydrogen-bond acceptors (Lipinski definition) is 4. The number of likely N-dealkylation sites (tertiary alicyclic amines) is 1. The first-order chi connectivity index (χ1) is 7.28. The normalized spacial score (nSPS) is 22.9. The molecular formula is C11H16N2O2. The van der Waals surface area contributed by atoms with Gasteiger partial charge in [-0.05, 0) is 32.4 Å². The highest BCUT2D eigenvalue weighted by atomic mass is 16.5. The zero-order valence-electron chi connectivity index (χ0n) is 8.98. The first-order valence-electron chi connectivity index (χ1n) is 5.37. The molecule has 0 spiro atoms. The van der Waals surface area contributed by atoms with Gasteiger partial charge in [-0.25, -0.2) is 0 Å². The van der Waals surface area contributed by atoms with E-state index in [9.17, 15) is 4.79 Å². The highest BCUT2D eigenvalue weighted by Crippen LogP contribution is 2.19. The van der Waals surface area contributed by atoms with Gasteiger partial charge < -0.3 is 9.42 Å². The average molecular weight is 208 g/mol. The van der Waals surface area contributed by atoms with E-state index in [1.165, 1.54) is 19.4 Å². The SMILES string of the molecule is CN1CCCC(Cc2cc(C=O)no2)C1. The molecule has 1 aromatic rings. The van der Waals surface area contributed by atoms with Crippen LogP contribution in [0.2, 0.25) is 0 Å². The van der Waals surface area contributed by atoms with Crippen LogP contribution in [0, 0.1) is 5.92 Å². The molecule has 2 heterocycles. The van der Waals surface area contributed by atoms with E-state index in [4.69, 9.17) is 4.52 Å². The van der Waals surface area contributed by atoms with Crippen molar-refractivity contribution in [2.24, 2.45) is 5.92 Å². The van der Waals surface area contributed by atoms with Crippen molar-refractivity contribution in [2.45, 2.75) is 19.3 Å². The van der Waals surface area contributed by atoms with E-state index in [2.05, 4.69) is 17.1 Å². The summed E-state index contributed by atoms with van der Waals surface area (Å²) in [6.07, 6.45) is 4.10. The van der Waals surface area contributed by atoms with Crippen molar-refractivity contribution >= 4 is 6.29 Å². The van der Waals surface area contributed by atoms with Crippen LogP contribution in [0.3, 0.4) is 0 Å². The molecule has 0 amide bonds. The Labute approximate surface area is 89.2 Å². The van der Waals surface area contributed by atoms with E-state index in [-0.39, 0.29) is 0 Å². The zero-order valence-corrected chi connectivity index (χ0v) is 8.98. The molecule has 0 N–H and O–H groups in total. The van der Waals surface area contributed by atoms with Crippen molar-refractivity contribution in [3.63, 3.8) is 0 Å². The molecule has 4 nitrogen and oxygen atoms in total. The topological polar surface area (TPSA) is 46.3 Å². The second-order valence-electron chi connectivity index (χ2n) is 4.31. The fraction of sp³-hybridized carbons (Fsp3) is 0.636. The third kappa shape index (κ3) is 2.65. The summed E-state index contributed by atoms with van der Waals surface area (Å²) in [5.41, 5.74) is 0.397. The molecule has 0 aliphatic carbocycles. The Hall–Kier alpha value is -1.16. The van der Waals surface area contributed by atoms with Gasteiger partial charge in [-0.1, -0.05) is 5.16 Å². The van der Waals surface area contributed by atoms with Gasteiger partial charge in [0.1, 0.15) is 11.5 Å². The molecule has 4 heteroatoms. The van der Waals surface area contributed by atoms with Gasteiger partial charge in [0.05, 0.1) is 0 Å². The van der Waals surface area contributed by atoms with Crippen molar-refractivity contribution < 1.29 is 9.32 Å². The molecule has 1 atom stereocenters. The second-order valence-corrected chi connectivity index (χ2v) is 4.31. The predicted molar refractivity (Wildman–Crippen MR) is 55.8 cm³/mol. The van der Waals surface area contributed by atoms with Gasteiger partial charge in [-0.15, -0.1) is 0 Å². The van der Waals surface area contributed by atoms with Gasteiger partial charge in [0.25, 0.3) is 0 Å².